The second-order valence-corrected chi connectivity index (χ2v) is 9.42. The van der Waals surface area contributed by atoms with E-state index in [0.29, 0.717) is 35.7 Å². The fourth-order valence-electron chi connectivity index (χ4n) is 3.64. The molecular formula is C21H23N3O5S. The van der Waals surface area contributed by atoms with Gasteiger partial charge in [-0.25, -0.2) is 8.42 Å². The Hall–Kier alpha value is -2.91. The van der Waals surface area contributed by atoms with Crippen LogP contribution >= 0.6 is 0 Å². The molecule has 8 nitrogen and oxygen atoms in total. The van der Waals surface area contributed by atoms with E-state index in [4.69, 9.17) is 4.74 Å². The predicted molar refractivity (Wildman–Crippen MR) is 111 cm³/mol. The molecule has 1 N–H and O–H groups in total. The molecule has 0 aromatic heterocycles. The maximum absolute atomic E-state index is 13.2. The molecule has 30 heavy (non-hydrogen) atoms. The molecule has 0 unspecified atom stereocenters. The lowest BCUT2D eigenvalue weighted by Gasteiger charge is -2.34. The van der Waals surface area contributed by atoms with Gasteiger partial charge in [0.05, 0.1) is 10.6 Å². The first-order valence-corrected chi connectivity index (χ1v) is 11.1. The van der Waals surface area contributed by atoms with Crippen molar-refractivity contribution in [2.75, 3.05) is 38.1 Å². The number of fused-ring (bicyclic) bond motifs is 1. The van der Waals surface area contributed by atoms with E-state index in [1.165, 1.54) is 10.4 Å². The molecule has 158 valence electrons. The van der Waals surface area contributed by atoms with Gasteiger partial charge in [0.2, 0.25) is 10.0 Å². The molecule has 2 amide bonds. The van der Waals surface area contributed by atoms with Crippen LogP contribution in [0.25, 0.3) is 0 Å². The van der Waals surface area contributed by atoms with E-state index < -0.39 is 10.0 Å². The SMILES string of the molecule is Cc1ccc(C(=O)N2CCN(S(=O)(=O)c3cc4c(cc3C)NC(=O)CO4)CC2)cc1. The largest absolute Gasteiger partial charge is 0.482 e. The topological polar surface area (TPSA) is 96.0 Å². The van der Waals surface area contributed by atoms with Gasteiger partial charge in [0, 0.05) is 37.8 Å². The van der Waals surface area contributed by atoms with Crippen LogP contribution in [0.3, 0.4) is 0 Å². The maximum atomic E-state index is 13.2. The third-order valence-corrected chi connectivity index (χ3v) is 7.39. The zero-order valence-corrected chi connectivity index (χ0v) is 17.7. The number of hydrogen-bond acceptors (Lipinski definition) is 5. The van der Waals surface area contributed by atoms with E-state index >= 15 is 0 Å². The van der Waals surface area contributed by atoms with Crippen LogP contribution < -0.4 is 10.1 Å². The van der Waals surface area contributed by atoms with E-state index in [1.54, 1.807) is 30.0 Å². The standard InChI is InChI=1S/C21H23N3O5S/c1-14-3-5-16(6-4-14)21(26)23-7-9-24(10-8-23)30(27,28)19-12-18-17(11-15(19)2)22-20(25)13-29-18/h3-6,11-12H,7-10,13H2,1-2H3,(H,22,25). The minimum Gasteiger partial charge on any atom is -0.482 e. The van der Waals surface area contributed by atoms with Crippen LogP contribution in [0.4, 0.5) is 5.69 Å². The molecule has 0 spiro atoms. The summed E-state index contributed by atoms with van der Waals surface area (Å²) in [5.41, 5.74) is 2.67. The number of nitrogens with one attached hydrogen (secondary N) is 1. The first-order valence-electron chi connectivity index (χ1n) is 9.69. The van der Waals surface area contributed by atoms with E-state index in [1.807, 2.05) is 19.1 Å². The van der Waals surface area contributed by atoms with Gasteiger partial charge < -0.3 is 15.0 Å². The third-order valence-electron chi connectivity index (χ3n) is 5.35. The van der Waals surface area contributed by atoms with Gasteiger partial charge in [-0.2, -0.15) is 4.31 Å². The number of aryl methyl sites for hydroxylation is 2. The van der Waals surface area contributed by atoms with Gasteiger partial charge in [-0.05, 0) is 37.6 Å². The van der Waals surface area contributed by atoms with Crippen LogP contribution in [-0.4, -0.2) is 62.2 Å². The Kier molecular flexibility index (Phi) is 5.25. The molecule has 1 fully saturated rings. The highest BCUT2D eigenvalue weighted by molar-refractivity contribution is 7.89. The van der Waals surface area contributed by atoms with E-state index in [9.17, 15) is 18.0 Å². The molecule has 2 aliphatic heterocycles. The molecule has 0 aliphatic carbocycles. The monoisotopic (exact) mass is 429 g/mol. The summed E-state index contributed by atoms with van der Waals surface area (Å²) in [6, 6.07) is 10.4. The van der Waals surface area contributed by atoms with E-state index in [2.05, 4.69) is 5.32 Å². The quantitative estimate of drug-likeness (QED) is 0.802. The molecule has 2 aromatic rings. The van der Waals surface area contributed by atoms with Gasteiger partial charge >= 0.3 is 0 Å². The molecule has 4 rings (SSSR count). The highest BCUT2D eigenvalue weighted by Crippen LogP contribution is 2.34. The molecule has 2 aliphatic rings. The zero-order valence-electron chi connectivity index (χ0n) is 16.8. The molecule has 1 saturated heterocycles. The number of piperazine rings is 1. The molecular weight excluding hydrogens is 406 g/mol. The van der Waals surface area contributed by atoms with Gasteiger partial charge in [0.25, 0.3) is 11.8 Å². The Morgan fingerprint density at radius 1 is 1.03 bits per heavy atom. The fraction of sp³-hybridized carbons (Fsp3) is 0.333. The van der Waals surface area contributed by atoms with Crippen molar-refractivity contribution in [1.29, 1.82) is 0 Å². The summed E-state index contributed by atoms with van der Waals surface area (Å²) in [5.74, 6) is -0.0278. The lowest BCUT2D eigenvalue weighted by Crippen LogP contribution is -2.50. The number of hydrogen-bond donors (Lipinski definition) is 1. The number of ether oxygens (including phenoxy) is 1. The summed E-state index contributed by atoms with van der Waals surface area (Å²) < 4.78 is 33.2. The number of anilines is 1. The van der Waals surface area contributed by atoms with Crippen molar-refractivity contribution in [2.24, 2.45) is 0 Å². The van der Waals surface area contributed by atoms with Crippen molar-refractivity contribution in [2.45, 2.75) is 18.7 Å². The Morgan fingerprint density at radius 3 is 2.37 bits per heavy atom. The van der Waals surface area contributed by atoms with Crippen molar-refractivity contribution >= 4 is 27.5 Å². The number of benzene rings is 2. The number of nitrogens with zero attached hydrogens (tertiary/aromatic N) is 2. The Morgan fingerprint density at radius 2 is 1.70 bits per heavy atom. The van der Waals surface area contributed by atoms with Crippen LogP contribution in [0.15, 0.2) is 41.3 Å². The van der Waals surface area contributed by atoms with Crippen LogP contribution in [0.5, 0.6) is 5.75 Å². The molecule has 0 radical (unpaired) electrons. The van der Waals surface area contributed by atoms with Crippen molar-refractivity contribution in [3.8, 4) is 5.75 Å². The first kappa shape index (κ1) is 20.4. The average Bonchev–Trinajstić information content (AvgIpc) is 2.73. The lowest BCUT2D eigenvalue weighted by atomic mass is 10.1. The maximum Gasteiger partial charge on any atom is 0.262 e. The molecule has 2 aromatic carbocycles. The minimum absolute atomic E-state index is 0.0962. The zero-order chi connectivity index (χ0) is 21.5. The molecule has 2 heterocycles. The third kappa shape index (κ3) is 3.78. The summed E-state index contributed by atoms with van der Waals surface area (Å²) in [4.78, 5) is 26.0. The fourth-order valence-corrected chi connectivity index (χ4v) is 5.29. The predicted octanol–water partition coefficient (Wildman–Crippen LogP) is 1.78. The Balaban J connectivity index is 1.50. The number of rotatable bonds is 3. The van der Waals surface area contributed by atoms with Gasteiger partial charge in [-0.15, -0.1) is 0 Å². The van der Waals surface area contributed by atoms with Gasteiger partial charge in [0.15, 0.2) is 6.61 Å². The van der Waals surface area contributed by atoms with Crippen molar-refractivity contribution in [3.63, 3.8) is 0 Å². The second kappa shape index (κ2) is 7.73. The summed E-state index contributed by atoms with van der Waals surface area (Å²) in [5, 5.41) is 2.68. The van der Waals surface area contributed by atoms with E-state index in [-0.39, 0.29) is 36.4 Å². The van der Waals surface area contributed by atoms with Crippen molar-refractivity contribution < 1.29 is 22.7 Å². The normalized spacial score (nSPS) is 17.1. The van der Waals surface area contributed by atoms with Crippen molar-refractivity contribution in [1.82, 2.24) is 9.21 Å². The lowest BCUT2D eigenvalue weighted by molar-refractivity contribution is -0.118. The average molecular weight is 429 g/mol. The van der Waals surface area contributed by atoms with E-state index in [0.717, 1.165) is 5.56 Å². The summed E-state index contributed by atoms with van der Waals surface area (Å²) in [7, 11) is -3.76. The highest BCUT2D eigenvalue weighted by atomic mass is 32.2. The smallest absolute Gasteiger partial charge is 0.262 e. The highest BCUT2D eigenvalue weighted by Gasteiger charge is 2.32. The summed E-state index contributed by atoms with van der Waals surface area (Å²) >= 11 is 0. The second-order valence-electron chi connectivity index (χ2n) is 7.51. The van der Waals surface area contributed by atoms with Gasteiger partial charge in [-0.3, -0.25) is 9.59 Å². The van der Waals surface area contributed by atoms with Gasteiger partial charge in [-0.1, -0.05) is 17.7 Å². The number of carbonyl (C=O) groups is 2. The Labute approximate surface area is 175 Å². The summed E-state index contributed by atoms with van der Waals surface area (Å²) in [6.07, 6.45) is 0. The van der Waals surface area contributed by atoms with Crippen molar-refractivity contribution in [3.05, 3.63) is 53.1 Å². The van der Waals surface area contributed by atoms with Crippen LogP contribution in [0.1, 0.15) is 21.5 Å². The molecule has 0 saturated carbocycles. The van der Waals surface area contributed by atoms with Crippen LogP contribution in [0.2, 0.25) is 0 Å². The van der Waals surface area contributed by atoms with Crippen LogP contribution in [0, 0.1) is 13.8 Å². The van der Waals surface area contributed by atoms with Crippen LogP contribution in [-0.2, 0) is 14.8 Å². The Bertz CT molecular complexity index is 1100. The molecule has 0 bridgehead atoms. The number of sulfonamides is 1. The number of carbonyl (C=O) groups excluding carboxylic acids is 2. The minimum atomic E-state index is -3.76. The van der Waals surface area contributed by atoms with Gasteiger partial charge in [0.1, 0.15) is 5.75 Å². The summed E-state index contributed by atoms with van der Waals surface area (Å²) in [6.45, 7) is 4.58. The number of amides is 2. The molecule has 0 atom stereocenters. The first-order chi connectivity index (χ1) is 14.3. The molecule has 9 heteroatoms.